The molecule has 3 aromatic rings. The van der Waals surface area contributed by atoms with Gasteiger partial charge in [0.25, 0.3) is 0 Å². The van der Waals surface area contributed by atoms with Gasteiger partial charge in [-0.1, -0.05) is 25.8 Å². The van der Waals surface area contributed by atoms with Gasteiger partial charge in [0.05, 0.1) is 11.5 Å². The largest absolute Gasteiger partial charge is 0.449 e. The summed E-state index contributed by atoms with van der Waals surface area (Å²) in [4.78, 5) is 34.7. The predicted octanol–water partition coefficient (Wildman–Crippen LogP) is 5.09. The first kappa shape index (κ1) is 31.8. The number of nitrogens with zero attached hydrogens (tertiary/aromatic N) is 5. The minimum Gasteiger partial charge on any atom is -0.449 e. The fourth-order valence-electron chi connectivity index (χ4n) is 5.82. The minimum absolute atomic E-state index is 0.223. The highest BCUT2D eigenvalue weighted by Gasteiger charge is 2.28. The molecule has 1 atom stereocenters. The average molecular weight is 625 g/mol. The molecule has 1 unspecified atom stereocenters. The van der Waals surface area contributed by atoms with E-state index in [-0.39, 0.29) is 16.9 Å². The molecule has 2 saturated heterocycles. The summed E-state index contributed by atoms with van der Waals surface area (Å²) in [5.74, 6) is 1.01. The fourth-order valence-corrected chi connectivity index (χ4v) is 7.36. The smallest absolute Gasteiger partial charge is 0.409 e. The van der Waals surface area contributed by atoms with Crippen LogP contribution in [0, 0.1) is 13.8 Å². The molecule has 1 aromatic carbocycles. The number of hydrogen-bond donors (Lipinski definition) is 1. The van der Waals surface area contributed by atoms with E-state index in [9.17, 15) is 18.0 Å². The number of hydrogen-bond acceptors (Lipinski definition) is 7. The van der Waals surface area contributed by atoms with Gasteiger partial charge < -0.3 is 24.4 Å². The van der Waals surface area contributed by atoms with E-state index in [1.807, 2.05) is 43.7 Å². The van der Waals surface area contributed by atoms with E-state index in [1.54, 1.807) is 27.4 Å². The van der Waals surface area contributed by atoms with Crippen molar-refractivity contribution in [2.75, 3.05) is 56.1 Å². The van der Waals surface area contributed by atoms with E-state index >= 15 is 0 Å². The molecular formula is C32H44N6O5S. The van der Waals surface area contributed by atoms with Crippen LogP contribution in [0.25, 0.3) is 10.9 Å². The molecule has 0 saturated carbocycles. The molecular weight excluding hydrogens is 580 g/mol. The summed E-state index contributed by atoms with van der Waals surface area (Å²) in [6.07, 6.45) is 6.28. The van der Waals surface area contributed by atoms with Gasteiger partial charge >= 0.3 is 6.09 Å². The molecule has 1 N–H and O–H groups in total. The van der Waals surface area contributed by atoms with Crippen molar-refractivity contribution in [3.05, 3.63) is 47.7 Å². The summed E-state index contributed by atoms with van der Waals surface area (Å²) >= 11 is 0. The normalized spacial score (nSPS) is 17.1. The summed E-state index contributed by atoms with van der Waals surface area (Å²) in [7, 11) is -3.56. The molecule has 2 aliphatic heterocycles. The SMILES string of the molecule is CCCCOC(=O)N1CCN(c2ccc(C)c(NC(=O)C(C)n3cc(C)c4cc(S(=O)(=O)N5CCCCC5)ccc43)n2)CC1. The van der Waals surface area contributed by atoms with Crippen molar-refractivity contribution in [2.24, 2.45) is 0 Å². The van der Waals surface area contributed by atoms with Crippen molar-refractivity contribution in [3.63, 3.8) is 0 Å². The Kier molecular flexibility index (Phi) is 9.79. The number of aryl methyl sites for hydroxylation is 2. The highest BCUT2D eigenvalue weighted by atomic mass is 32.2. The van der Waals surface area contributed by atoms with Crippen LogP contribution < -0.4 is 10.2 Å². The first-order valence-corrected chi connectivity index (χ1v) is 17.1. The van der Waals surface area contributed by atoms with Gasteiger partial charge in [0.2, 0.25) is 15.9 Å². The molecule has 2 fully saturated rings. The number of benzene rings is 1. The number of unbranched alkanes of at least 4 members (excludes halogenated alkanes) is 1. The summed E-state index contributed by atoms with van der Waals surface area (Å²) in [6, 6.07) is 8.48. The number of aromatic nitrogens is 2. The molecule has 5 rings (SSSR count). The van der Waals surface area contributed by atoms with Crippen LogP contribution in [0.5, 0.6) is 0 Å². The lowest BCUT2D eigenvalue weighted by molar-refractivity contribution is -0.118. The van der Waals surface area contributed by atoms with Gasteiger partial charge in [0.15, 0.2) is 0 Å². The number of rotatable bonds is 9. The van der Waals surface area contributed by atoms with E-state index in [2.05, 4.69) is 17.1 Å². The molecule has 0 radical (unpaired) electrons. The maximum Gasteiger partial charge on any atom is 0.409 e. The van der Waals surface area contributed by atoms with Crippen LogP contribution in [0.15, 0.2) is 41.4 Å². The lowest BCUT2D eigenvalue weighted by atomic mass is 10.2. The summed E-state index contributed by atoms with van der Waals surface area (Å²) in [6.45, 7) is 11.6. The van der Waals surface area contributed by atoms with Gasteiger partial charge in [-0.2, -0.15) is 4.31 Å². The zero-order valence-corrected chi connectivity index (χ0v) is 27.0. The monoisotopic (exact) mass is 624 g/mol. The highest BCUT2D eigenvalue weighted by molar-refractivity contribution is 7.89. The quantitative estimate of drug-likeness (QED) is 0.330. The van der Waals surface area contributed by atoms with Crippen LogP contribution in [0.2, 0.25) is 0 Å². The van der Waals surface area contributed by atoms with Gasteiger partial charge in [0.1, 0.15) is 17.7 Å². The Morgan fingerprint density at radius 3 is 2.41 bits per heavy atom. The molecule has 0 aliphatic carbocycles. The minimum atomic E-state index is -3.56. The molecule has 12 heteroatoms. The second-order valence-corrected chi connectivity index (χ2v) is 13.7. The Labute approximate surface area is 260 Å². The van der Waals surface area contributed by atoms with Crippen molar-refractivity contribution < 1.29 is 22.7 Å². The van der Waals surface area contributed by atoms with Gasteiger partial charge in [0, 0.05) is 56.4 Å². The number of carbonyl (C=O) groups is 2. The lowest BCUT2D eigenvalue weighted by Gasteiger charge is -2.35. The fraction of sp³-hybridized carbons (Fsp3) is 0.531. The average Bonchev–Trinajstić information content (AvgIpc) is 3.37. The molecule has 0 spiro atoms. The van der Waals surface area contributed by atoms with E-state index in [4.69, 9.17) is 9.72 Å². The highest BCUT2D eigenvalue weighted by Crippen LogP contribution is 2.30. The molecule has 2 aliphatic rings. The third-order valence-electron chi connectivity index (χ3n) is 8.66. The maximum atomic E-state index is 13.5. The summed E-state index contributed by atoms with van der Waals surface area (Å²) < 4.78 is 35.4. The third-order valence-corrected chi connectivity index (χ3v) is 10.6. The number of pyridine rings is 1. The van der Waals surface area contributed by atoms with Crippen molar-refractivity contribution in [3.8, 4) is 0 Å². The number of piperidine rings is 1. The number of carbonyl (C=O) groups excluding carboxylic acids is 2. The maximum absolute atomic E-state index is 13.5. The number of piperazine rings is 1. The molecule has 238 valence electrons. The molecule has 0 bridgehead atoms. The van der Waals surface area contributed by atoms with Crippen molar-refractivity contribution in [1.82, 2.24) is 18.8 Å². The van der Waals surface area contributed by atoms with Crippen molar-refractivity contribution in [1.29, 1.82) is 0 Å². The topological polar surface area (TPSA) is 117 Å². The second kappa shape index (κ2) is 13.6. The molecule has 11 nitrogen and oxygen atoms in total. The zero-order chi connectivity index (χ0) is 31.4. The van der Waals surface area contributed by atoms with Crippen molar-refractivity contribution >= 4 is 44.6 Å². The molecule has 4 heterocycles. The number of fused-ring (bicyclic) bond motifs is 1. The standard InChI is InChI=1S/C32H44N6O5S/c1-5-6-20-43-32(40)36-18-16-35(17-19-36)29-13-10-23(2)30(33-29)34-31(39)25(4)38-22-24(3)27-21-26(11-12-28(27)38)44(41,42)37-14-8-7-9-15-37/h10-13,21-22,25H,5-9,14-20H2,1-4H3,(H,33,34,39). The van der Waals surface area contributed by atoms with E-state index < -0.39 is 16.1 Å². The Bertz CT molecular complexity index is 1610. The van der Waals surface area contributed by atoms with Crippen LogP contribution in [-0.2, 0) is 19.6 Å². The summed E-state index contributed by atoms with van der Waals surface area (Å²) in [5, 5.41) is 3.82. The Balaban J connectivity index is 1.27. The number of nitrogens with one attached hydrogen (secondary N) is 1. The van der Waals surface area contributed by atoms with Crippen LogP contribution in [0.1, 0.15) is 63.1 Å². The molecule has 2 aromatic heterocycles. The predicted molar refractivity (Wildman–Crippen MR) is 172 cm³/mol. The first-order valence-electron chi connectivity index (χ1n) is 15.7. The second-order valence-electron chi connectivity index (χ2n) is 11.8. The van der Waals surface area contributed by atoms with Gasteiger partial charge in [-0.05, 0) is 75.4 Å². The van der Waals surface area contributed by atoms with Gasteiger partial charge in [-0.15, -0.1) is 0 Å². The summed E-state index contributed by atoms with van der Waals surface area (Å²) in [5.41, 5.74) is 2.54. The van der Waals surface area contributed by atoms with Crippen LogP contribution in [0.3, 0.4) is 0 Å². The lowest BCUT2D eigenvalue weighted by Crippen LogP contribution is -2.49. The van der Waals surface area contributed by atoms with Crippen LogP contribution >= 0.6 is 0 Å². The van der Waals surface area contributed by atoms with Crippen LogP contribution in [0.4, 0.5) is 16.4 Å². The van der Waals surface area contributed by atoms with Gasteiger partial charge in [-0.25, -0.2) is 18.2 Å². The number of amides is 2. The Hall–Kier alpha value is -3.64. The van der Waals surface area contributed by atoms with E-state index in [0.717, 1.165) is 60.0 Å². The molecule has 2 amide bonds. The Morgan fingerprint density at radius 1 is 0.977 bits per heavy atom. The first-order chi connectivity index (χ1) is 21.1. The Morgan fingerprint density at radius 2 is 1.70 bits per heavy atom. The molecule has 44 heavy (non-hydrogen) atoms. The number of sulfonamides is 1. The zero-order valence-electron chi connectivity index (χ0n) is 26.2. The van der Waals surface area contributed by atoms with E-state index in [0.29, 0.717) is 51.7 Å². The number of ether oxygens (including phenoxy) is 1. The van der Waals surface area contributed by atoms with Gasteiger partial charge in [-0.3, -0.25) is 4.79 Å². The third kappa shape index (κ3) is 6.71. The van der Waals surface area contributed by atoms with Crippen molar-refractivity contribution in [2.45, 2.75) is 70.7 Å². The van der Waals surface area contributed by atoms with Crippen LogP contribution in [-0.4, -0.2) is 85.0 Å². The number of anilines is 2. The van der Waals surface area contributed by atoms with E-state index in [1.165, 1.54) is 0 Å².